The van der Waals surface area contributed by atoms with Crippen molar-refractivity contribution in [3.63, 3.8) is 0 Å². The Morgan fingerprint density at radius 2 is 2.17 bits per heavy atom. The Bertz CT molecular complexity index is 132. The van der Waals surface area contributed by atoms with Gasteiger partial charge in [-0.15, -0.1) is 0 Å². The van der Waals surface area contributed by atoms with Gasteiger partial charge in [0.15, 0.2) is 0 Å². The van der Waals surface area contributed by atoms with Crippen LogP contribution in [0.3, 0.4) is 0 Å². The molecule has 0 saturated carbocycles. The molecular weight excluding hydrogens is 154 g/mol. The zero-order chi connectivity index (χ0) is 9.03. The van der Waals surface area contributed by atoms with Crippen molar-refractivity contribution in [2.24, 2.45) is 11.1 Å². The van der Waals surface area contributed by atoms with Crippen molar-refractivity contribution >= 4 is 0 Å². The number of nitrogens with two attached hydrogens (primary N) is 1. The molecule has 0 aromatic heterocycles. The second kappa shape index (κ2) is 4.21. The van der Waals surface area contributed by atoms with Crippen LogP contribution in [0.1, 0.15) is 20.3 Å². The highest BCUT2D eigenvalue weighted by Crippen LogP contribution is 2.18. The minimum absolute atomic E-state index is 0.213. The Hall–Kier alpha value is -0.120. The SMILES string of the molecule is CC(C)(CN)CCOC1COC1. The van der Waals surface area contributed by atoms with Gasteiger partial charge in [-0.2, -0.15) is 0 Å². The van der Waals surface area contributed by atoms with Gasteiger partial charge in [-0.1, -0.05) is 13.8 Å². The lowest BCUT2D eigenvalue weighted by atomic mass is 9.90. The highest BCUT2D eigenvalue weighted by atomic mass is 16.6. The Morgan fingerprint density at radius 3 is 2.58 bits per heavy atom. The molecule has 12 heavy (non-hydrogen) atoms. The molecule has 3 heteroatoms. The maximum atomic E-state index is 5.59. The lowest BCUT2D eigenvalue weighted by Gasteiger charge is -2.28. The number of rotatable bonds is 5. The predicted molar refractivity (Wildman–Crippen MR) is 48.0 cm³/mol. The molecule has 1 heterocycles. The molecule has 0 atom stereocenters. The molecule has 1 saturated heterocycles. The van der Waals surface area contributed by atoms with Crippen LogP contribution in [-0.4, -0.2) is 32.5 Å². The molecule has 1 rings (SSSR count). The molecule has 1 aliphatic heterocycles. The normalized spacial score (nSPS) is 19.2. The summed E-state index contributed by atoms with van der Waals surface area (Å²) in [6.07, 6.45) is 1.37. The molecule has 72 valence electrons. The molecule has 0 aliphatic carbocycles. The number of hydrogen-bond acceptors (Lipinski definition) is 3. The summed E-state index contributed by atoms with van der Waals surface area (Å²) in [4.78, 5) is 0. The summed E-state index contributed by atoms with van der Waals surface area (Å²) in [5.41, 5.74) is 5.80. The molecule has 3 nitrogen and oxygen atoms in total. The van der Waals surface area contributed by atoms with E-state index in [1.165, 1.54) is 0 Å². The monoisotopic (exact) mass is 173 g/mol. The summed E-state index contributed by atoms with van der Waals surface area (Å²) in [6.45, 7) is 7.38. The summed E-state index contributed by atoms with van der Waals surface area (Å²) in [5.74, 6) is 0. The second-order valence-electron chi connectivity index (χ2n) is 4.15. The smallest absolute Gasteiger partial charge is 0.104 e. The van der Waals surface area contributed by atoms with Gasteiger partial charge in [0.25, 0.3) is 0 Å². The van der Waals surface area contributed by atoms with Crippen LogP contribution in [-0.2, 0) is 9.47 Å². The highest BCUT2D eigenvalue weighted by Gasteiger charge is 2.21. The average molecular weight is 173 g/mol. The van der Waals surface area contributed by atoms with Crippen molar-refractivity contribution in [3.8, 4) is 0 Å². The molecule has 1 fully saturated rings. The van der Waals surface area contributed by atoms with Crippen molar-refractivity contribution in [1.29, 1.82) is 0 Å². The van der Waals surface area contributed by atoms with Crippen LogP contribution in [0.5, 0.6) is 0 Å². The van der Waals surface area contributed by atoms with E-state index in [4.69, 9.17) is 15.2 Å². The molecule has 1 aliphatic rings. The molecule has 0 unspecified atom stereocenters. The second-order valence-corrected chi connectivity index (χ2v) is 4.15. The van der Waals surface area contributed by atoms with Crippen LogP contribution in [0.4, 0.5) is 0 Å². The van der Waals surface area contributed by atoms with Crippen LogP contribution in [0.2, 0.25) is 0 Å². The molecular formula is C9H19NO2. The van der Waals surface area contributed by atoms with Crippen molar-refractivity contribution in [1.82, 2.24) is 0 Å². The molecule has 0 amide bonds. The quantitative estimate of drug-likeness (QED) is 0.668. The van der Waals surface area contributed by atoms with E-state index in [1.54, 1.807) is 0 Å². The van der Waals surface area contributed by atoms with Gasteiger partial charge >= 0.3 is 0 Å². The molecule has 0 bridgehead atoms. The molecule has 0 aromatic carbocycles. The minimum Gasteiger partial charge on any atom is -0.376 e. The summed E-state index contributed by atoms with van der Waals surface area (Å²) in [6, 6.07) is 0. The average Bonchev–Trinajstić information content (AvgIpc) is 1.95. The van der Waals surface area contributed by atoms with Crippen LogP contribution < -0.4 is 5.73 Å². The fourth-order valence-corrected chi connectivity index (χ4v) is 0.914. The Balaban J connectivity index is 2.00. The van der Waals surface area contributed by atoms with Crippen molar-refractivity contribution < 1.29 is 9.47 Å². The topological polar surface area (TPSA) is 44.5 Å². The van der Waals surface area contributed by atoms with Gasteiger partial charge in [-0.05, 0) is 18.4 Å². The Kier molecular flexibility index (Phi) is 3.50. The third kappa shape index (κ3) is 3.09. The minimum atomic E-state index is 0.213. The lowest BCUT2D eigenvalue weighted by Crippen LogP contribution is -2.37. The van der Waals surface area contributed by atoms with Gasteiger partial charge < -0.3 is 15.2 Å². The van der Waals surface area contributed by atoms with E-state index >= 15 is 0 Å². The fraction of sp³-hybridized carbons (Fsp3) is 1.00. The van der Waals surface area contributed by atoms with E-state index in [0.29, 0.717) is 6.10 Å². The highest BCUT2D eigenvalue weighted by molar-refractivity contribution is 4.70. The predicted octanol–water partition coefficient (Wildman–Crippen LogP) is 0.777. The lowest BCUT2D eigenvalue weighted by molar-refractivity contribution is -0.132. The summed E-state index contributed by atoms with van der Waals surface area (Å²) >= 11 is 0. The zero-order valence-electron chi connectivity index (χ0n) is 8.01. The molecule has 0 spiro atoms. The fourth-order valence-electron chi connectivity index (χ4n) is 0.914. The van der Waals surface area contributed by atoms with Gasteiger partial charge in [0.2, 0.25) is 0 Å². The van der Waals surface area contributed by atoms with Crippen LogP contribution in [0.25, 0.3) is 0 Å². The van der Waals surface area contributed by atoms with Gasteiger partial charge in [0, 0.05) is 6.61 Å². The Morgan fingerprint density at radius 1 is 1.50 bits per heavy atom. The number of hydrogen-bond donors (Lipinski definition) is 1. The number of ether oxygens (including phenoxy) is 2. The van der Waals surface area contributed by atoms with E-state index in [9.17, 15) is 0 Å². The maximum Gasteiger partial charge on any atom is 0.104 e. The maximum absolute atomic E-state index is 5.59. The van der Waals surface area contributed by atoms with Gasteiger partial charge in [-0.25, -0.2) is 0 Å². The van der Waals surface area contributed by atoms with Crippen LogP contribution >= 0.6 is 0 Å². The summed E-state index contributed by atoms with van der Waals surface area (Å²) in [7, 11) is 0. The molecule has 2 N–H and O–H groups in total. The van der Waals surface area contributed by atoms with Gasteiger partial charge in [0.1, 0.15) is 6.10 Å². The van der Waals surface area contributed by atoms with Gasteiger partial charge in [0.05, 0.1) is 13.2 Å². The third-order valence-corrected chi connectivity index (χ3v) is 2.29. The van der Waals surface area contributed by atoms with Crippen molar-refractivity contribution in [2.75, 3.05) is 26.4 Å². The summed E-state index contributed by atoms with van der Waals surface area (Å²) in [5, 5.41) is 0. The largest absolute Gasteiger partial charge is 0.376 e. The standard InChI is InChI=1S/C9H19NO2/c1-9(2,7-10)3-4-12-8-5-11-6-8/h8H,3-7,10H2,1-2H3. The first-order chi connectivity index (χ1) is 5.64. The summed E-state index contributed by atoms with van der Waals surface area (Å²) < 4.78 is 10.5. The van der Waals surface area contributed by atoms with Crippen molar-refractivity contribution in [3.05, 3.63) is 0 Å². The first-order valence-corrected chi connectivity index (χ1v) is 4.53. The van der Waals surface area contributed by atoms with E-state index in [-0.39, 0.29) is 5.41 Å². The van der Waals surface area contributed by atoms with Crippen LogP contribution in [0, 0.1) is 5.41 Å². The Labute approximate surface area is 74.2 Å². The first-order valence-electron chi connectivity index (χ1n) is 4.53. The van der Waals surface area contributed by atoms with E-state index in [0.717, 1.165) is 32.8 Å². The first kappa shape index (κ1) is 9.96. The van der Waals surface area contributed by atoms with Crippen molar-refractivity contribution in [2.45, 2.75) is 26.4 Å². The van der Waals surface area contributed by atoms with Gasteiger partial charge in [-0.3, -0.25) is 0 Å². The van der Waals surface area contributed by atoms with Crippen LogP contribution in [0.15, 0.2) is 0 Å². The van der Waals surface area contributed by atoms with E-state index < -0.39 is 0 Å². The van der Waals surface area contributed by atoms with E-state index in [2.05, 4.69) is 13.8 Å². The molecule has 0 radical (unpaired) electrons. The molecule has 0 aromatic rings. The van der Waals surface area contributed by atoms with E-state index in [1.807, 2.05) is 0 Å². The third-order valence-electron chi connectivity index (χ3n) is 2.29. The zero-order valence-corrected chi connectivity index (χ0v) is 8.01.